The van der Waals surface area contributed by atoms with E-state index in [0.29, 0.717) is 18.9 Å². The lowest BCUT2D eigenvalue weighted by molar-refractivity contribution is -0.135. The number of hydrogen-bond donors (Lipinski definition) is 0. The van der Waals surface area contributed by atoms with Crippen LogP contribution in [0.3, 0.4) is 0 Å². The van der Waals surface area contributed by atoms with Crippen molar-refractivity contribution >= 4 is 23.3 Å². The summed E-state index contributed by atoms with van der Waals surface area (Å²) in [7, 11) is 0. The number of nitrogens with zero attached hydrogens (tertiary/aromatic N) is 3. The van der Waals surface area contributed by atoms with Gasteiger partial charge >= 0.3 is 0 Å². The van der Waals surface area contributed by atoms with E-state index in [1.54, 1.807) is 0 Å². The lowest BCUT2D eigenvalue weighted by atomic mass is 9.85. The van der Waals surface area contributed by atoms with Gasteiger partial charge in [0.05, 0.1) is 10.4 Å². The fourth-order valence-corrected chi connectivity index (χ4v) is 4.23. The Balaban J connectivity index is 1.43. The molecule has 0 saturated carbocycles. The average Bonchev–Trinajstić information content (AvgIpc) is 3.20. The molecule has 2 aliphatic rings. The third kappa shape index (κ3) is 3.16. The van der Waals surface area contributed by atoms with Crippen LogP contribution in [0.25, 0.3) is 0 Å². The number of benzene rings is 1. The van der Waals surface area contributed by atoms with Crippen molar-refractivity contribution in [1.82, 2.24) is 9.88 Å². The molecule has 0 aliphatic carbocycles. The van der Waals surface area contributed by atoms with Gasteiger partial charge in [0.25, 0.3) is 0 Å². The Hall–Kier alpha value is -2.14. The van der Waals surface area contributed by atoms with Crippen LogP contribution in [0.1, 0.15) is 18.4 Å². The standard InChI is InChI=1S/C20H21ClFN3O/c21-16-12-17(22)18(23-13-16)25-11-8-20(14-25)7-10-24(19(20)26)9-6-15-4-2-1-3-5-15/h1-5,12-13H,6-11,14H2. The molecule has 1 aromatic heterocycles. The predicted molar refractivity (Wildman–Crippen MR) is 99.8 cm³/mol. The van der Waals surface area contributed by atoms with Crippen molar-refractivity contribution < 1.29 is 9.18 Å². The molecule has 26 heavy (non-hydrogen) atoms. The number of aromatic nitrogens is 1. The first kappa shape index (κ1) is 17.3. The van der Waals surface area contributed by atoms with Crippen LogP contribution in [0, 0.1) is 11.2 Å². The highest BCUT2D eigenvalue weighted by Crippen LogP contribution is 2.42. The highest BCUT2D eigenvalue weighted by Gasteiger charge is 2.51. The van der Waals surface area contributed by atoms with Crippen molar-refractivity contribution in [3.63, 3.8) is 0 Å². The highest BCUT2D eigenvalue weighted by atomic mass is 35.5. The van der Waals surface area contributed by atoms with Crippen LogP contribution in [0.5, 0.6) is 0 Å². The van der Waals surface area contributed by atoms with E-state index < -0.39 is 11.2 Å². The second-order valence-electron chi connectivity index (χ2n) is 7.19. The topological polar surface area (TPSA) is 36.4 Å². The largest absolute Gasteiger partial charge is 0.353 e. The van der Waals surface area contributed by atoms with Crippen LogP contribution in [0.4, 0.5) is 10.2 Å². The zero-order chi connectivity index (χ0) is 18.1. The molecule has 2 fully saturated rings. The normalized spacial score (nSPS) is 22.6. The minimum Gasteiger partial charge on any atom is -0.353 e. The van der Waals surface area contributed by atoms with E-state index in [2.05, 4.69) is 17.1 Å². The molecule has 4 rings (SSSR count). The molecule has 4 nitrogen and oxygen atoms in total. The minimum atomic E-state index is -0.430. The lowest BCUT2D eigenvalue weighted by Gasteiger charge is -2.24. The molecule has 2 aliphatic heterocycles. The maximum Gasteiger partial charge on any atom is 0.230 e. The van der Waals surface area contributed by atoms with E-state index in [4.69, 9.17) is 11.6 Å². The molecule has 2 saturated heterocycles. The zero-order valence-electron chi connectivity index (χ0n) is 14.5. The van der Waals surface area contributed by atoms with E-state index in [9.17, 15) is 9.18 Å². The van der Waals surface area contributed by atoms with E-state index in [1.165, 1.54) is 17.8 Å². The first-order chi connectivity index (χ1) is 12.6. The third-order valence-electron chi connectivity index (χ3n) is 5.56. The molecule has 0 bridgehead atoms. The molecule has 3 heterocycles. The van der Waals surface area contributed by atoms with Gasteiger partial charge in [0, 0.05) is 32.4 Å². The number of carbonyl (C=O) groups excluding carboxylic acids is 1. The van der Waals surface area contributed by atoms with Crippen LogP contribution in [-0.4, -0.2) is 42.0 Å². The molecular formula is C20H21ClFN3O. The van der Waals surface area contributed by atoms with Crippen molar-refractivity contribution in [3.05, 3.63) is 59.0 Å². The third-order valence-corrected chi connectivity index (χ3v) is 5.76. The van der Waals surface area contributed by atoms with Crippen LogP contribution >= 0.6 is 11.6 Å². The van der Waals surface area contributed by atoms with E-state index in [0.717, 1.165) is 32.4 Å². The number of pyridine rings is 1. The summed E-state index contributed by atoms with van der Waals surface area (Å²) in [6.45, 7) is 2.68. The number of amides is 1. The molecule has 1 amide bonds. The number of likely N-dealkylation sites (tertiary alicyclic amines) is 1. The monoisotopic (exact) mass is 373 g/mol. The van der Waals surface area contributed by atoms with Crippen LogP contribution in [-0.2, 0) is 11.2 Å². The first-order valence-corrected chi connectivity index (χ1v) is 9.34. The van der Waals surface area contributed by atoms with E-state index in [-0.39, 0.29) is 10.9 Å². The van der Waals surface area contributed by atoms with Crippen LogP contribution in [0.2, 0.25) is 5.02 Å². The average molecular weight is 374 g/mol. The number of halogens is 2. The van der Waals surface area contributed by atoms with E-state index in [1.807, 2.05) is 28.0 Å². The van der Waals surface area contributed by atoms with Gasteiger partial charge in [-0.2, -0.15) is 0 Å². The molecule has 1 aromatic carbocycles. The Morgan fingerprint density at radius 3 is 2.73 bits per heavy atom. The Labute approximate surface area is 157 Å². The van der Waals surface area contributed by atoms with Gasteiger partial charge in [-0.25, -0.2) is 9.37 Å². The van der Waals surface area contributed by atoms with Crippen LogP contribution in [0.15, 0.2) is 42.6 Å². The summed E-state index contributed by atoms with van der Waals surface area (Å²) in [6.07, 6.45) is 3.89. The Morgan fingerprint density at radius 2 is 1.96 bits per heavy atom. The molecule has 1 spiro atoms. The van der Waals surface area contributed by atoms with Gasteiger partial charge in [0.2, 0.25) is 5.91 Å². The van der Waals surface area contributed by atoms with Gasteiger partial charge in [0.1, 0.15) is 0 Å². The Kier molecular flexibility index (Phi) is 4.57. The second-order valence-corrected chi connectivity index (χ2v) is 7.63. The molecule has 0 radical (unpaired) electrons. The van der Waals surface area contributed by atoms with Gasteiger partial charge < -0.3 is 9.80 Å². The molecule has 1 unspecified atom stereocenters. The summed E-state index contributed by atoms with van der Waals surface area (Å²) in [4.78, 5) is 21.0. The first-order valence-electron chi connectivity index (χ1n) is 8.97. The number of hydrogen-bond acceptors (Lipinski definition) is 3. The molecule has 0 N–H and O–H groups in total. The minimum absolute atomic E-state index is 0.199. The van der Waals surface area contributed by atoms with Crippen LogP contribution < -0.4 is 4.90 Å². The number of carbonyl (C=O) groups is 1. The van der Waals surface area contributed by atoms with Crippen molar-refractivity contribution in [2.75, 3.05) is 31.1 Å². The van der Waals surface area contributed by atoms with Crippen molar-refractivity contribution in [2.45, 2.75) is 19.3 Å². The summed E-state index contributed by atoms with van der Waals surface area (Å²) in [5.74, 6) is 0.0630. The maximum atomic E-state index is 14.2. The van der Waals surface area contributed by atoms with Gasteiger partial charge in [-0.1, -0.05) is 41.9 Å². The van der Waals surface area contributed by atoms with E-state index >= 15 is 0 Å². The van der Waals surface area contributed by atoms with Crippen molar-refractivity contribution in [1.29, 1.82) is 0 Å². The lowest BCUT2D eigenvalue weighted by Crippen LogP contribution is -2.38. The summed E-state index contributed by atoms with van der Waals surface area (Å²) in [5, 5.41) is 0.282. The fraction of sp³-hybridized carbons (Fsp3) is 0.400. The number of rotatable bonds is 4. The zero-order valence-corrected chi connectivity index (χ0v) is 15.3. The van der Waals surface area contributed by atoms with Gasteiger partial charge in [0.15, 0.2) is 11.6 Å². The van der Waals surface area contributed by atoms with Crippen molar-refractivity contribution in [3.8, 4) is 0 Å². The quantitative estimate of drug-likeness (QED) is 0.822. The van der Waals surface area contributed by atoms with Crippen molar-refractivity contribution in [2.24, 2.45) is 5.41 Å². The Morgan fingerprint density at radius 1 is 1.19 bits per heavy atom. The van der Waals surface area contributed by atoms with Gasteiger partial charge in [-0.3, -0.25) is 4.79 Å². The SMILES string of the molecule is O=C1N(CCc2ccccc2)CCC12CCN(c1ncc(Cl)cc1F)C2. The molecule has 1 atom stereocenters. The summed E-state index contributed by atoms with van der Waals surface area (Å²) < 4.78 is 14.2. The van der Waals surface area contributed by atoms with Gasteiger partial charge in [-0.15, -0.1) is 0 Å². The maximum absolute atomic E-state index is 14.2. The number of anilines is 1. The molecule has 2 aromatic rings. The van der Waals surface area contributed by atoms with Gasteiger partial charge in [-0.05, 0) is 30.9 Å². The smallest absolute Gasteiger partial charge is 0.230 e. The summed E-state index contributed by atoms with van der Waals surface area (Å²) >= 11 is 5.79. The fourth-order valence-electron chi connectivity index (χ4n) is 4.09. The summed E-state index contributed by atoms with van der Waals surface area (Å²) in [5.41, 5.74) is 0.839. The Bertz CT molecular complexity index is 816. The highest BCUT2D eigenvalue weighted by molar-refractivity contribution is 6.30. The summed E-state index contributed by atoms with van der Waals surface area (Å²) in [6, 6.07) is 11.5. The molecular weight excluding hydrogens is 353 g/mol. The molecule has 136 valence electrons. The predicted octanol–water partition coefficient (Wildman–Crippen LogP) is 3.55. The second kappa shape index (κ2) is 6.88. The molecule has 6 heteroatoms.